The molecular weight excluding hydrogens is 288 g/mol. The second-order valence-electron chi connectivity index (χ2n) is 4.88. The molecule has 0 radical (unpaired) electrons. The average Bonchev–Trinajstić information content (AvgIpc) is 2.21. The predicted molar refractivity (Wildman–Crippen MR) is 68.1 cm³/mol. The van der Waals surface area contributed by atoms with Gasteiger partial charge in [-0.2, -0.15) is 0 Å². The fourth-order valence-corrected chi connectivity index (χ4v) is 3.32. The summed E-state index contributed by atoms with van der Waals surface area (Å²) in [5.41, 5.74) is 0.820. The van der Waals surface area contributed by atoms with Crippen LogP contribution in [0.2, 0.25) is 0 Å². The summed E-state index contributed by atoms with van der Waals surface area (Å²) in [7, 11) is 2.02. The first-order valence-electron chi connectivity index (χ1n) is 5.81. The van der Waals surface area contributed by atoms with Crippen LogP contribution < -0.4 is 0 Å². The van der Waals surface area contributed by atoms with Crippen molar-refractivity contribution in [3.8, 4) is 0 Å². The number of nitrogens with zero attached hydrogens (tertiary/aromatic N) is 1. The van der Waals surface area contributed by atoms with E-state index in [2.05, 4.69) is 20.8 Å². The van der Waals surface area contributed by atoms with E-state index < -0.39 is 11.6 Å². The van der Waals surface area contributed by atoms with E-state index in [1.165, 1.54) is 25.0 Å². The second kappa shape index (κ2) is 5.44. The number of benzene rings is 1. The Morgan fingerprint density at radius 3 is 2.59 bits per heavy atom. The molecule has 4 heteroatoms. The third-order valence-corrected chi connectivity index (χ3v) is 3.93. The van der Waals surface area contributed by atoms with Gasteiger partial charge in [-0.15, -0.1) is 0 Å². The molecule has 1 aromatic carbocycles. The molecule has 0 aliphatic heterocycles. The highest BCUT2D eigenvalue weighted by Crippen LogP contribution is 2.33. The predicted octanol–water partition coefficient (Wildman–Crippen LogP) is 3.57. The fraction of sp³-hybridized carbons (Fsp3) is 0.538. The molecule has 1 aliphatic rings. The Kier molecular flexibility index (Phi) is 4.15. The van der Waals surface area contributed by atoms with Crippen molar-refractivity contribution in [2.45, 2.75) is 24.2 Å². The molecule has 0 aromatic heterocycles. The van der Waals surface area contributed by atoms with Gasteiger partial charge in [0.25, 0.3) is 0 Å². The van der Waals surface area contributed by atoms with Crippen LogP contribution in [0.5, 0.6) is 0 Å². The van der Waals surface area contributed by atoms with Gasteiger partial charge in [-0.05, 0) is 43.5 Å². The zero-order valence-electron chi connectivity index (χ0n) is 9.80. The van der Waals surface area contributed by atoms with Crippen LogP contribution in [0.4, 0.5) is 8.78 Å². The first-order chi connectivity index (χ1) is 8.04. The van der Waals surface area contributed by atoms with E-state index in [0.29, 0.717) is 11.4 Å². The molecule has 1 aromatic rings. The summed E-state index contributed by atoms with van der Waals surface area (Å²) in [5.74, 6) is -0.813. The molecule has 0 amide bonds. The lowest BCUT2D eigenvalue weighted by atomic mass is 9.85. The summed E-state index contributed by atoms with van der Waals surface area (Å²) in [6, 6.07) is 4.11. The maximum atomic E-state index is 13.0. The molecule has 17 heavy (non-hydrogen) atoms. The van der Waals surface area contributed by atoms with Crippen molar-refractivity contribution in [2.24, 2.45) is 5.92 Å². The van der Waals surface area contributed by atoms with E-state index in [1.807, 2.05) is 7.05 Å². The lowest BCUT2D eigenvalue weighted by molar-refractivity contribution is 0.208. The zero-order chi connectivity index (χ0) is 12.4. The third-order valence-electron chi connectivity index (χ3n) is 3.18. The van der Waals surface area contributed by atoms with Crippen molar-refractivity contribution in [1.82, 2.24) is 4.90 Å². The van der Waals surface area contributed by atoms with E-state index in [4.69, 9.17) is 0 Å². The Labute approximate surface area is 109 Å². The number of alkyl halides is 1. The average molecular weight is 304 g/mol. The smallest absolute Gasteiger partial charge is 0.159 e. The van der Waals surface area contributed by atoms with Crippen molar-refractivity contribution in [2.75, 3.05) is 13.6 Å². The molecule has 2 rings (SSSR count). The summed E-state index contributed by atoms with van der Waals surface area (Å²) in [4.78, 5) is 2.83. The van der Waals surface area contributed by atoms with Crippen molar-refractivity contribution in [1.29, 1.82) is 0 Å². The van der Waals surface area contributed by atoms with Gasteiger partial charge in [0.2, 0.25) is 0 Å². The zero-order valence-corrected chi connectivity index (χ0v) is 11.4. The summed E-state index contributed by atoms with van der Waals surface area (Å²) in [5, 5.41) is 0. The minimum Gasteiger partial charge on any atom is -0.302 e. The Balaban J connectivity index is 1.85. The molecule has 0 unspecified atom stereocenters. The van der Waals surface area contributed by atoms with Crippen LogP contribution in [0.15, 0.2) is 18.2 Å². The molecule has 94 valence electrons. The summed E-state index contributed by atoms with van der Waals surface area (Å²) in [6.45, 7) is 1.68. The van der Waals surface area contributed by atoms with Gasteiger partial charge in [-0.1, -0.05) is 22.0 Å². The Morgan fingerprint density at radius 2 is 2.00 bits per heavy atom. The van der Waals surface area contributed by atoms with Crippen molar-refractivity contribution >= 4 is 15.9 Å². The fourth-order valence-electron chi connectivity index (χ4n) is 2.26. The number of hydrogen-bond donors (Lipinski definition) is 0. The van der Waals surface area contributed by atoms with Crippen LogP contribution in [0.1, 0.15) is 18.4 Å². The van der Waals surface area contributed by atoms with Crippen LogP contribution in [-0.2, 0) is 6.54 Å². The van der Waals surface area contributed by atoms with Crippen LogP contribution in [0.25, 0.3) is 0 Å². The lowest BCUT2D eigenvalue weighted by Crippen LogP contribution is -2.34. The minimum absolute atomic E-state index is 0.667. The van der Waals surface area contributed by atoms with Gasteiger partial charge in [-0.25, -0.2) is 8.78 Å². The van der Waals surface area contributed by atoms with E-state index in [0.717, 1.165) is 18.0 Å². The number of hydrogen-bond acceptors (Lipinski definition) is 1. The SMILES string of the molecule is CN(Cc1ccc(F)c(F)c1)CC1CC(Br)C1. The summed E-state index contributed by atoms with van der Waals surface area (Å²) < 4.78 is 25.8. The topological polar surface area (TPSA) is 3.24 Å². The largest absolute Gasteiger partial charge is 0.302 e. The van der Waals surface area contributed by atoms with Crippen LogP contribution in [-0.4, -0.2) is 23.3 Å². The van der Waals surface area contributed by atoms with E-state index in [-0.39, 0.29) is 0 Å². The molecule has 0 spiro atoms. The maximum Gasteiger partial charge on any atom is 0.159 e. The molecule has 0 saturated heterocycles. The van der Waals surface area contributed by atoms with Gasteiger partial charge in [0.05, 0.1) is 0 Å². The minimum atomic E-state index is -0.780. The molecule has 1 saturated carbocycles. The highest BCUT2D eigenvalue weighted by Gasteiger charge is 2.27. The van der Waals surface area contributed by atoms with E-state index >= 15 is 0 Å². The number of halogens is 3. The first kappa shape index (κ1) is 13.0. The third kappa shape index (κ3) is 3.49. The molecule has 1 aliphatic carbocycles. The molecular formula is C13H16BrF2N. The molecule has 0 heterocycles. The second-order valence-corrected chi connectivity index (χ2v) is 6.17. The van der Waals surface area contributed by atoms with Gasteiger partial charge < -0.3 is 4.90 Å². The van der Waals surface area contributed by atoms with Crippen molar-refractivity contribution in [3.63, 3.8) is 0 Å². The van der Waals surface area contributed by atoms with Crippen molar-refractivity contribution in [3.05, 3.63) is 35.4 Å². The molecule has 0 bridgehead atoms. The van der Waals surface area contributed by atoms with E-state index in [1.54, 1.807) is 6.07 Å². The highest BCUT2D eigenvalue weighted by molar-refractivity contribution is 9.09. The Morgan fingerprint density at radius 1 is 1.29 bits per heavy atom. The van der Waals surface area contributed by atoms with Gasteiger partial charge in [0, 0.05) is 17.9 Å². The van der Waals surface area contributed by atoms with Gasteiger partial charge in [0.1, 0.15) is 0 Å². The van der Waals surface area contributed by atoms with Crippen LogP contribution in [0.3, 0.4) is 0 Å². The molecule has 0 N–H and O–H groups in total. The molecule has 1 nitrogen and oxygen atoms in total. The normalized spacial score (nSPS) is 23.8. The van der Waals surface area contributed by atoms with Gasteiger partial charge in [-0.3, -0.25) is 0 Å². The molecule has 0 atom stereocenters. The highest BCUT2D eigenvalue weighted by atomic mass is 79.9. The Bertz CT molecular complexity index is 391. The van der Waals surface area contributed by atoms with Crippen LogP contribution in [0, 0.1) is 17.6 Å². The first-order valence-corrected chi connectivity index (χ1v) is 6.72. The quantitative estimate of drug-likeness (QED) is 0.769. The van der Waals surface area contributed by atoms with Gasteiger partial charge >= 0.3 is 0 Å². The standard InChI is InChI=1S/C13H16BrF2N/c1-17(8-10-4-11(14)5-10)7-9-2-3-12(15)13(16)6-9/h2-3,6,10-11H,4-5,7-8H2,1H3. The van der Waals surface area contributed by atoms with Gasteiger partial charge in [0.15, 0.2) is 11.6 Å². The summed E-state index contributed by atoms with van der Waals surface area (Å²) in [6.07, 6.45) is 2.42. The van der Waals surface area contributed by atoms with E-state index in [9.17, 15) is 8.78 Å². The molecule has 1 fully saturated rings. The summed E-state index contributed by atoms with van der Waals surface area (Å²) >= 11 is 3.57. The van der Waals surface area contributed by atoms with Crippen molar-refractivity contribution < 1.29 is 8.78 Å². The maximum absolute atomic E-state index is 13.0. The number of rotatable bonds is 4. The monoisotopic (exact) mass is 303 g/mol. The Hall–Kier alpha value is -0.480. The lowest BCUT2D eigenvalue weighted by Gasteiger charge is -2.34. The van der Waals surface area contributed by atoms with Crippen LogP contribution >= 0.6 is 15.9 Å².